The van der Waals surface area contributed by atoms with E-state index >= 15 is 0 Å². The van der Waals surface area contributed by atoms with Gasteiger partial charge in [-0.3, -0.25) is 19.3 Å². The zero-order chi connectivity index (χ0) is 19.4. The summed E-state index contributed by atoms with van der Waals surface area (Å²) < 4.78 is 10.1. The summed E-state index contributed by atoms with van der Waals surface area (Å²) >= 11 is 0. The number of Topliss-reactive ketones (excluding diaryl/α,β-unsaturated/α-hetero) is 1. The molecule has 1 unspecified atom stereocenters. The third-order valence-electron chi connectivity index (χ3n) is 4.00. The van der Waals surface area contributed by atoms with E-state index in [0.29, 0.717) is 25.1 Å². The number of hydrogen-bond acceptors (Lipinski definition) is 6. The maximum absolute atomic E-state index is 13.0. The number of ketones is 1. The lowest BCUT2D eigenvalue weighted by atomic mass is 9.98. The molecule has 0 spiro atoms. The lowest BCUT2D eigenvalue weighted by Crippen LogP contribution is -2.45. The Kier molecular flexibility index (Phi) is 10.2. The van der Waals surface area contributed by atoms with Gasteiger partial charge in [0.25, 0.3) is 0 Å². The van der Waals surface area contributed by atoms with Crippen molar-refractivity contribution in [3.63, 3.8) is 0 Å². The molecule has 0 bridgehead atoms. The molecule has 0 saturated heterocycles. The van der Waals surface area contributed by atoms with Crippen molar-refractivity contribution in [2.45, 2.75) is 46.1 Å². The SMILES string of the molecule is CCCCC(C(=O)c1ccccc1)N(CCOC(C)=O)CCOC(C)=O. The molecule has 0 amide bonds. The predicted molar refractivity (Wildman–Crippen MR) is 98.9 cm³/mol. The molecular weight excluding hydrogens is 334 g/mol. The highest BCUT2D eigenvalue weighted by Gasteiger charge is 2.26. The van der Waals surface area contributed by atoms with Crippen molar-refractivity contribution in [3.8, 4) is 0 Å². The Bertz CT molecular complexity index is 553. The van der Waals surface area contributed by atoms with E-state index < -0.39 is 0 Å². The number of rotatable bonds is 12. The Morgan fingerprint density at radius 3 is 1.96 bits per heavy atom. The number of esters is 2. The van der Waals surface area contributed by atoms with Crippen molar-refractivity contribution in [3.05, 3.63) is 35.9 Å². The Morgan fingerprint density at radius 1 is 0.962 bits per heavy atom. The highest BCUT2D eigenvalue weighted by molar-refractivity contribution is 6.00. The van der Waals surface area contributed by atoms with Crippen LogP contribution in [0.3, 0.4) is 0 Å². The van der Waals surface area contributed by atoms with E-state index in [1.807, 2.05) is 23.1 Å². The van der Waals surface area contributed by atoms with Crippen LogP contribution in [0.2, 0.25) is 0 Å². The molecule has 1 atom stereocenters. The summed E-state index contributed by atoms with van der Waals surface area (Å²) in [7, 11) is 0. The van der Waals surface area contributed by atoms with Crippen molar-refractivity contribution < 1.29 is 23.9 Å². The first-order chi connectivity index (χ1) is 12.5. The summed E-state index contributed by atoms with van der Waals surface area (Å²) in [6, 6.07) is 8.81. The summed E-state index contributed by atoms with van der Waals surface area (Å²) in [4.78, 5) is 37.1. The molecule has 0 radical (unpaired) electrons. The number of unbranched alkanes of at least 4 members (excludes halogenated alkanes) is 1. The zero-order valence-electron chi connectivity index (χ0n) is 15.9. The molecule has 6 nitrogen and oxygen atoms in total. The molecule has 26 heavy (non-hydrogen) atoms. The second kappa shape index (κ2) is 12.2. The summed E-state index contributed by atoms with van der Waals surface area (Å²) in [5.74, 6) is -0.682. The Morgan fingerprint density at radius 2 is 1.50 bits per heavy atom. The van der Waals surface area contributed by atoms with Crippen LogP contribution < -0.4 is 0 Å². The molecule has 0 aromatic heterocycles. The first kappa shape index (κ1) is 21.8. The molecule has 0 N–H and O–H groups in total. The quantitative estimate of drug-likeness (QED) is 0.420. The van der Waals surface area contributed by atoms with Gasteiger partial charge < -0.3 is 9.47 Å². The van der Waals surface area contributed by atoms with Crippen LogP contribution in [0.15, 0.2) is 30.3 Å². The van der Waals surface area contributed by atoms with E-state index in [1.165, 1.54) is 13.8 Å². The fraction of sp³-hybridized carbons (Fsp3) is 0.550. The maximum atomic E-state index is 13.0. The molecule has 6 heteroatoms. The van der Waals surface area contributed by atoms with Crippen molar-refractivity contribution in [1.82, 2.24) is 4.90 Å². The first-order valence-electron chi connectivity index (χ1n) is 9.05. The fourth-order valence-corrected chi connectivity index (χ4v) is 2.71. The minimum Gasteiger partial charge on any atom is -0.465 e. The molecule has 0 saturated carbocycles. The van der Waals surface area contributed by atoms with Gasteiger partial charge in [-0.05, 0) is 6.42 Å². The van der Waals surface area contributed by atoms with Gasteiger partial charge in [-0.25, -0.2) is 0 Å². The Hall–Kier alpha value is -2.21. The van der Waals surface area contributed by atoms with Crippen LogP contribution in [0.4, 0.5) is 0 Å². The summed E-state index contributed by atoms with van der Waals surface area (Å²) in [5, 5.41) is 0. The standard InChI is InChI=1S/C20H29NO5/c1-4-5-11-19(20(24)18-9-7-6-8-10-18)21(12-14-25-16(2)22)13-15-26-17(3)23/h6-10,19H,4-5,11-15H2,1-3H3. The van der Waals surface area contributed by atoms with Gasteiger partial charge >= 0.3 is 11.9 Å². The minimum atomic E-state index is -0.357. The van der Waals surface area contributed by atoms with Gasteiger partial charge in [-0.15, -0.1) is 0 Å². The van der Waals surface area contributed by atoms with Crippen molar-refractivity contribution in [1.29, 1.82) is 0 Å². The van der Waals surface area contributed by atoms with Crippen LogP contribution in [-0.2, 0) is 19.1 Å². The fourth-order valence-electron chi connectivity index (χ4n) is 2.71. The van der Waals surface area contributed by atoms with Crippen LogP contribution >= 0.6 is 0 Å². The van der Waals surface area contributed by atoms with Gasteiger partial charge in [-0.2, -0.15) is 0 Å². The van der Waals surface area contributed by atoms with Gasteiger partial charge in [0.1, 0.15) is 13.2 Å². The minimum absolute atomic E-state index is 0.0321. The van der Waals surface area contributed by atoms with Crippen LogP contribution in [-0.4, -0.2) is 55.0 Å². The van der Waals surface area contributed by atoms with Gasteiger partial charge in [0.05, 0.1) is 6.04 Å². The first-order valence-corrected chi connectivity index (χ1v) is 9.05. The van der Waals surface area contributed by atoms with E-state index in [4.69, 9.17) is 9.47 Å². The van der Waals surface area contributed by atoms with Gasteiger partial charge in [0, 0.05) is 32.5 Å². The molecular formula is C20H29NO5. The highest BCUT2D eigenvalue weighted by Crippen LogP contribution is 2.15. The van der Waals surface area contributed by atoms with Gasteiger partial charge in [0.2, 0.25) is 0 Å². The summed E-state index contributed by atoms with van der Waals surface area (Å²) in [6.07, 6.45) is 2.57. The molecule has 1 aromatic carbocycles. The second-order valence-electron chi connectivity index (χ2n) is 6.10. The monoisotopic (exact) mass is 363 g/mol. The number of hydrogen-bond donors (Lipinski definition) is 0. The number of ether oxygens (including phenoxy) is 2. The highest BCUT2D eigenvalue weighted by atomic mass is 16.5. The van der Waals surface area contributed by atoms with E-state index in [-0.39, 0.29) is 37.0 Å². The molecule has 0 fully saturated rings. The number of carbonyl (C=O) groups is 3. The summed E-state index contributed by atoms with van der Waals surface area (Å²) in [6.45, 7) is 5.99. The van der Waals surface area contributed by atoms with Crippen molar-refractivity contribution >= 4 is 17.7 Å². The Balaban J connectivity index is 2.90. The predicted octanol–water partition coefficient (Wildman–Crippen LogP) is 2.86. The topological polar surface area (TPSA) is 72.9 Å². The molecule has 0 aliphatic carbocycles. The van der Waals surface area contributed by atoms with E-state index in [0.717, 1.165) is 12.8 Å². The van der Waals surface area contributed by atoms with Crippen molar-refractivity contribution in [2.75, 3.05) is 26.3 Å². The molecule has 0 aliphatic rings. The zero-order valence-corrected chi connectivity index (χ0v) is 15.9. The molecule has 0 heterocycles. The molecule has 1 aromatic rings. The third kappa shape index (κ3) is 8.25. The average Bonchev–Trinajstić information content (AvgIpc) is 2.61. The largest absolute Gasteiger partial charge is 0.465 e. The second-order valence-corrected chi connectivity index (χ2v) is 6.10. The molecule has 1 rings (SSSR count). The van der Waals surface area contributed by atoms with Crippen LogP contribution in [0, 0.1) is 0 Å². The lowest BCUT2D eigenvalue weighted by molar-refractivity contribution is -0.141. The number of nitrogens with zero attached hydrogens (tertiary/aromatic N) is 1. The lowest BCUT2D eigenvalue weighted by Gasteiger charge is -2.30. The molecule has 144 valence electrons. The Labute approximate surface area is 155 Å². The van der Waals surface area contributed by atoms with Gasteiger partial charge in [0.15, 0.2) is 5.78 Å². The third-order valence-corrected chi connectivity index (χ3v) is 4.00. The molecule has 0 aliphatic heterocycles. The van der Waals surface area contributed by atoms with E-state index in [1.54, 1.807) is 12.1 Å². The maximum Gasteiger partial charge on any atom is 0.302 e. The smallest absolute Gasteiger partial charge is 0.302 e. The van der Waals surface area contributed by atoms with Gasteiger partial charge in [-0.1, -0.05) is 50.1 Å². The van der Waals surface area contributed by atoms with Crippen LogP contribution in [0.25, 0.3) is 0 Å². The average molecular weight is 363 g/mol. The normalized spacial score (nSPS) is 11.8. The van der Waals surface area contributed by atoms with E-state index in [9.17, 15) is 14.4 Å². The van der Waals surface area contributed by atoms with Crippen LogP contribution in [0.5, 0.6) is 0 Å². The van der Waals surface area contributed by atoms with Crippen LogP contribution in [0.1, 0.15) is 50.4 Å². The number of carbonyl (C=O) groups excluding carboxylic acids is 3. The number of benzene rings is 1. The summed E-state index contributed by atoms with van der Waals surface area (Å²) in [5.41, 5.74) is 0.651. The van der Waals surface area contributed by atoms with E-state index in [2.05, 4.69) is 6.92 Å². The van der Waals surface area contributed by atoms with Crippen molar-refractivity contribution in [2.24, 2.45) is 0 Å².